The van der Waals surface area contributed by atoms with E-state index in [0.717, 1.165) is 41.5 Å². The van der Waals surface area contributed by atoms with Gasteiger partial charge in [-0.25, -0.2) is 13.6 Å². The molecule has 174 valence electrons. The smallest absolute Gasteiger partial charge is 0.345 e. The number of benzene rings is 3. The number of ether oxygens (including phenoxy) is 2. The molecule has 0 aromatic heterocycles. The predicted octanol–water partition coefficient (Wildman–Crippen LogP) is 6.32. The summed E-state index contributed by atoms with van der Waals surface area (Å²) in [6.07, 6.45) is 3.47. The van der Waals surface area contributed by atoms with Crippen LogP contribution in [0, 0.1) is 23.5 Å². The summed E-state index contributed by atoms with van der Waals surface area (Å²) in [7, 11) is -0.710. The molecule has 1 unspecified atom stereocenters. The third-order valence-corrected chi connectivity index (χ3v) is 7.73. The quantitative estimate of drug-likeness (QED) is 0.226. The van der Waals surface area contributed by atoms with Crippen molar-refractivity contribution in [1.29, 1.82) is 0 Å². The number of rotatable bonds is 7. The highest BCUT2D eigenvalue weighted by molar-refractivity contribution is 7.97. The molecule has 6 heteroatoms. The van der Waals surface area contributed by atoms with Gasteiger partial charge >= 0.3 is 5.97 Å². The third kappa shape index (κ3) is 5.78. The van der Waals surface area contributed by atoms with Crippen molar-refractivity contribution in [2.45, 2.75) is 52.9 Å². The Labute approximate surface area is 201 Å². The molecule has 1 aliphatic carbocycles. The topological polar surface area (TPSA) is 35.5 Å². The fourth-order valence-electron chi connectivity index (χ4n) is 4.10. The van der Waals surface area contributed by atoms with Gasteiger partial charge in [0.1, 0.15) is 17.4 Å². The van der Waals surface area contributed by atoms with Crippen LogP contribution in [0.2, 0.25) is 0 Å². The van der Waals surface area contributed by atoms with Gasteiger partial charge in [0, 0.05) is 18.2 Å². The van der Waals surface area contributed by atoms with Crippen LogP contribution >= 0.6 is 0 Å². The fourth-order valence-corrected chi connectivity index (χ4v) is 6.21. The maximum absolute atomic E-state index is 14.0. The fraction of sp³-hybridized carbons (Fsp3) is 0.250. The lowest BCUT2D eigenvalue weighted by Gasteiger charge is -2.23. The van der Waals surface area contributed by atoms with Gasteiger partial charge in [0.05, 0.1) is 10.9 Å². The van der Waals surface area contributed by atoms with Crippen LogP contribution in [0.15, 0.2) is 87.5 Å². The van der Waals surface area contributed by atoms with Crippen molar-refractivity contribution in [3.63, 3.8) is 0 Å². The molecule has 0 bridgehead atoms. The zero-order chi connectivity index (χ0) is 24.0. The second-order valence-electron chi connectivity index (χ2n) is 8.03. The number of hydrogen-bond acceptors (Lipinski definition) is 3. The van der Waals surface area contributed by atoms with E-state index >= 15 is 0 Å². The molecule has 0 spiro atoms. The van der Waals surface area contributed by atoms with Crippen LogP contribution in [0.3, 0.4) is 0 Å². The highest BCUT2D eigenvalue weighted by atomic mass is 32.2. The molecule has 3 nitrogen and oxygen atoms in total. The van der Waals surface area contributed by atoms with E-state index in [1.54, 1.807) is 19.1 Å². The van der Waals surface area contributed by atoms with E-state index in [0.29, 0.717) is 10.6 Å². The lowest BCUT2D eigenvalue weighted by Crippen LogP contribution is -2.32. The van der Waals surface area contributed by atoms with Gasteiger partial charge in [-0.15, -0.1) is 5.92 Å². The van der Waals surface area contributed by atoms with Crippen molar-refractivity contribution in [2.24, 2.45) is 0 Å². The molecule has 0 amide bonds. The van der Waals surface area contributed by atoms with Crippen LogP contribution in [0.5, 0.6) is 5.75 Å². The van der Waals surface area contributed by atoms with E-state index in [-0.39, 0.29) is 6.61 Å². The SMILES string of the molecule is CC#CC1(OC(=O)COc2ccc([S+](c3ccccc3)c3cc(F)cc(F)c3)cc2)CCCC1. The predicted molar refractivity (Wildman–Crippen MR) is 128 cm³/mol. The summed E-state index contributed by atoms with van der Waals surface area (Å²) < 4.78 is 39.2. The number of esters is 1. The normalized spacial score (nSPS) is 15.1. The Morgan fingerprint density at radius 2 is 1.53 bits per heavy atom. The minimum Gasteiger partial charge on any atom is -0.482 e. The van der Waals surface area contributed by atoms with Crippen LogP contribution in [0.4, 0.5) is 8.78 Å². The number of carbonyl (C=O) groups is 1. The molecule has 1 fully saturated rings. The van der Waals surface area contributed by atoms with Crippen LogP contribution in [-0.4, -0.2) is 18.2 Å². The second kappa shape index (κ2) is 10.8. The highest BCUT2D eigenvalue weighted by Gasteiger charge is 2.36. The van der Waals surface area contributed by atoms with Crippen LogP contribution in [-0.2, 0) is 20.4 Å². The summed E-state index contributed by atoms with van der Waals surface area (Å²) in [4.78, 5) is 14.7. The van der Waals surface area contributed by atoms with Crippen LogP contribution < -0.4 is 4.74 Å². The molecular formula is C28H25F2O3S+. The Hall–Kier alpha value is -3.30. The first kappa shape index (κ1) is 23.8. The third-order valence-electron chi connectivity index (χ3n) is 5.54. The van der Waals surface area contributed by atoms with Gasteiger partial charge in [-0.1, -0.05) is 24.1 Å². The molecule has 0 heterocycles. The Morgan fingerprint density at radius 1 is 0.912 bits per heavy atom. The zero-order valence-corrected chi connectivity index (χ0v) is 19.7. The van der Waals surface area contributed by atoms with Crippen LogP contribution in [0.25, 0.3) is 0 Å². The summed E-state index contributed by atoms with van der Waals surface area (Å²) in [5, 5.41) is 0. The molecule has 34 heavy (non-hydrogen) atoms. The first-order valence-electron chi connectivity index (χ1n) is 11.1. The lowest BCUT2D eigenvalue weighted by molar-refractivity contribution is -0.156. The Kier molecular flexibility index (Phi) is 7.54. The van der Waals surface area contributed by atoms with Gasteiger partial charge in [-0.3, -0.25) is 0 Å². The Balaban J connectivity index is 1.49. The van der Waals surface area contributed by atoms with Crippen molar-refractivity contribution >= 4 is 16.9 Å². The summed E-state index contributed by atoms with van der Waals surface area (Å²) in [6, 6.07) is 20.3. The van der Waals surface area contributed by atoms with Gasteiger partial charge in [0.2, 0.25) is 0 Å². The minimum absolute atomic E-state index is 0.216. The Bertz CT molecular complexity index is 1170. The molecule has 0 N–H and O–H groups in total. The minimum atomic E-state index is -0.710. The monoisotopic (exact) mass is 479 g/mol. The molecular weight excluding hydrogens is 454 g/mol. The highest BCUT2D eigenvalue weighted by Crippen LogP contribution is 2.34. The molecule has 0 aliphatic heterocycles. The first-order chi connectivity index (χ1) is 16.5. The molecule has 0 radical (unpaired) electrons. The number of halogens is 2. The summed E-state index contributed by atoms with van der Waals surface area (Å²) >= 11 is 0. The summed E-state index contributed by atoms with van der Waals surface area (Å²) in [6.45, 7) is 1.53. The second-order valence-corrected chi connectivity index (χ2v) is 10.1. The maximum Gasteiger partial charge on any atom is 0.345 e. The average Bonchev–Trinajstić information content (AvgIpc) is 3.27. The van der Waals surface area contributed by atoms with Crippen molar-refractivity contribution in [2.75, 3.05) is 6.61 Å². The molecule has 3 aromatic carbocycles. The molecule has 1 atom stereocenters. The summed E-state index contributed by atoms with van der Waals surface area (Å²) in [5.41, 5.74) is -0.691. The molecule has 0 saturated heterocycles. The van der Waals surface area contributed by atoms with Gasteiger partial charge in [-0.2, -0.15) is 0 Å². The van der Waals surface area contributed by atoms with Gasteiger partial charge < -0.3 is 9.47 Å². The number of hydrogen-bond donors (Lipinski definition) is 0. The average molecular weight is 480 g/mol. The van der Waals surface area contributed by atoms with Crippen LogP contribution in [0.1, 0.15) is 32.6 Å². The van der Waals surface area contributed by atoms with Crippen molar-refractivity contribution in [3.05, 3.63) is 84.4 Å². The standard InChI is InChI=1S/C28H25F2O3S/c1-2-14-28(15-6-7-16-28)33-27(31)20-32-23-10-12-25(13-11-23)34(24-8-4-3-5-9-24)26-18-21(29)17-22(30)19-26/h3-5,8-13,17-19H,6-7,15-16,20H2,1H3/q+1. The molecule has 4 rings (SSSR count). The van der Waals surface area contributed by atoms with E-state index < -0.39 is 34.1 Å². The molecule has 1 saturated carbocycles. The van der Waals surface area contributed by atoms with Crippen molar-refractivity contribution in [1.82, 2.24) is 0 Å². The molecule has 1 aliphatic rings. The van der Waals surface area contributed by atoms with Gasteiger partial charge in [0.15, 0.2) is 26.9 Å². The van der Waals surface area contributed by atoms with E-state index in [1.165, 1.54) is 12.1 Å². The van der Waals surface area contributed by atoms with E-state index in [1.807, 2.05) is 42.5 Å². The lowest BCUT2D eigenvalue weighted by atomic mass is 10.0. The van der Waals surface area contributed by atoms with Crippen molar-refractivity contribution < 1.29 is 23.0 Å². The summed E-state index contributed by atoms with van der Waals surface area (Å²) in [5.74, 6) is 4.73. The first-order valence-corrected chi connectivity index (χ1v) is 12.3. The molecule has 3 aromatic rings. The largest absolute Gasteiger partial charge is 0.482 e. The van der Waals surface area contributed by atoms with E-state index in [4.69, 9.17) is 9.47 Å². The number of carbonyl (C=O) groups excluding carboxylic acids is 1. The van der Waals surface area contributed by atoms with E-state index in [9.17, 15) is 13.6 Å². The Morgan fingerprint density at radius 3 is 2.15 bits per heavy atom. The van der Waals surface area contributed by atoms with Crippen molar-refractivity contribution in [3.8, 4) is 17.6 Å². The van der Waals surface area contributed by atoms with Gasteiger partial charge in [-0.05, 0) is 69.0 Å². The van der Waals surface area contributed by atoms with Gasteiger partial charge in [0.25, 0.3) is 0 Å². The maximum atomic E-state index is 14.0. The van der Waals surface area contributed by atoms with E-state index in [2.05, 4.69) is 11.8 Å². The zero-order valence-electron chi connectivity index (χ0n) is 18.9.